The molecule has 0 bridgehead atoms. The Morgan fingerprint density at radius 2 is 1.72 bits per heavy atom. The SMILES string of the molecule is COc1cc(-n2c(C3CCOCC3)c(-c3ccc(C(=O)O)c(C(C)(C)C)c3)c3c(O)c(F)ccc32)ccc1F. The summed E-state index contributed by atoms with van der Waals surface area (Å²) in [6.45, 7) is 6.86. The molecule has 0 aliphatic carbocycles. The number of halogens is 2. The summed E-state index contributed by atoms with van der Waals surface area (Å²) < 4.78 is 42.1. The second-order valence-electron chi connectivity index (χ2n) is 10.9. The summed E-state index contributed by atoms with van der Waals surface area (Å²) >= 11 is 0. The topological polar surface area (TPSA) is 80.9 Å². The van der Waals surface area contributed by atoms with E-state index in [2.05, 4.69) is 0 Å². The number of carboxylic acid groups (broad SMARTS) is 1. The molecule has 3 aromatic carbocycles. The highest BCUT2D eigenvalue weighted by Crippen LogP contribution is 2.48. The number of benzene rings is 3. The highest BCUT2D eigenvalue weighted by atomic mass is 19.1. The van der Waals surface area contributed by atoms with Crippen LogP contribution in [0.15, 0.2) is 48.5 Å². The van der Waals surface area contributed by atoms with Gasteiger partial charge >= 0.3 is 5.97 Å². The minimum atomic E-state index is -1.04. The molecule has 0 unspecified atom stereocenters. The van der Waals surface area contributed by atoms with Crippen molar-refractivity contribution in [2.24, 2.45) is 0 Å². The molecule has 204 valence electrons. The average molecular weight is 536 g/mol. The van der Waals surface area contributed by atoms with Crippen LogP contribution < -0.4 is 4.74 Å². The van der Waals surface area contributed by atoms with Crippen molar-refractivity contribution >= 4 is 16.9 Å². The highest BCUT2D eigenvalue weighted by Gasteiger charge is 2.31. The van der Waals surface area contributed by atoms with Crippen molar-refractivity contribution in [3.63, 3.8) is 0 Å². The maximum absolute atomic E-state index is 14.9. The van der Waals surface area contributed by atoms with Crippen molar-refractivity contribution in [1.82, 2.24) is 4.57 Å². The molecule has 1 aromatic heterocycles. The third kappa shape index (κ3) is 4.63. The van der Waals surface area contributed by atoms with Crippen LogP contribution in [-0.4, -0.2) is 41.1 Å². The van der Waals surface area contributed by atoms with Gasteiger partial charge in [0, 0.05) is 42.1 Å². The molecular formula is C31H31F2NO5. The molecule has 0 saturated carbocycles. The number of hydrogen-bond donors (Lipinski definition) is 2. The van der Waals surface area contributed by atoms with E-state index < -0.39 is 28.8 Å². The van der Waals surface area contributed by atoms with Crippen LogP contribution in [0.4, 0.5) is 8.78 Å². The Kier molecular flexibility index (Phi) is 6.84. The summed E-state index contributed by atoms with van der Waals surface area (Å²) in [4.78, 5) is 12.1. The maximum atomic E-state index is 14.9. The molecule has 8 heteroatoms. The monoisotopic (exact) mass is 535 g/mol. The molecule has 2 heterocycles. The zero-order valence-electron chi connectivity index (χ0n) is 22.3. The maximum Gasteiger partial charge on any atom is 0.335 e. The van der Waals surface area contributed by atoms with Crippen LogP contribution in [-0.2, 0) is 10.2 Å². The molecule has 0 spiro atoms. The molecule has 6 nitrogen and oxygen atoms in total. The number of rotatable bonds is 5. The van der Waals surface area contributed by atoms with Crippen LogP contribution in [0.2, 0.25) is 0 Å². The normalized spacial score (nSPS) is 14.6. The number of aromatic nitrogens is 1. The van der Waals surface area contributed by atoms with E-state index in [4.69, 9.17) is 9.47 Å². The number of carbonyl (C=O) groups is 1. The predicted molar refractivity (Wildman–Crippen MR) is 145 cm³/mol. The van der Waals surface area contributed by atoms with Crippen LogP contribution in [0.1, 0.15) is 61.1 Å². The Bertz CT molecular complexity index is 1580. The molecule has 4 aromatic rings. The zero-order chi connectivity index (χ0) is 28.1. The first-order valence-corrected chi connectivity index (χ1v) is 12.9. The zero-order valence-corrected chi connectivity index (χ0v) is 22.3. The molecule has 39 heavy (non-hydrogen) atoms. The minimum Gasteiger partial charge on any atom is -0.504 e. The first-order chi connectivity index (χ1) is 18.5. The number of phenols is 1. The predicted octanol–water partition coefficient (Wildman–Crippen LogP) is 7.18. The van der Waals surface area contributed by atoms with Gasteiger partial charge < -0.3 is 24.3 Å². The number of carboxylic acids is 1. The second-order valence-corrected chi connectivity index (χ2v) is 10.9. The standard InChI is InChI=1S/C31H31F2NO5/c1-31(2,3)21-15-18(5-7-20(21)30(36)37)26-27-24(10-9-23(33)29(27)35)34(28(26)17-11-13-39-14-12-17)19-6-8-22(32)25(16-19)38-4/h5-10,15-17,35H,11-14H2,1-4H3,(H,36,37). The van der Waals surface area contributed by atoms with Crippen molar-refractivity contribution in [2.45, 2.75) is 44.9 Å². The Hall–Kier alpha value is -3.91. The fraction of sp³-hybridized carbons (Fsp3) is 0.323. The second kappa shape index (κ2) is 10.0. The number of aromatic carboxylic acids is 1. The quantitative estimate of drug-likeness (QED) is 0.283. The third-order valence-corrected chi connectivity index (χ3v) is 7.44. The number of methoxy groups -OCH3 is 1. The van der Waals surface area contributed by atoms with Crippen LogP contribution in [0, 0.1) is 11.6 Å². The molecule has 1 fully saturated rings. The van der Waals surface area contributed by atoms with E-state index in [-0.39, 0.29) is 17.2 Å². The Morgan fingerprint density at radius 1 is 1.03 bits per heavy atom. The molecule has 1 aliphatic rings. The van der Waals surface area contributed by atoms with Gasteiger partial charge in [0.25, 0.3) is 0 Å². The molecular weight excluding hydrogens is 504 g/mol. The molecule has 0 radical (unpaired) electrons. The van der Waals surface area contributed by atoms with E-state index in [9.17, 15) is 23.8 Å². The summed E-state index contributed by atoms with van der Waals surface area (Å²) in [7, 11) is 1.39. The molecule has 2 N–H and O–H groups in total. The fourth-order valence-corrected chi connectivity index (χ4v) is 5.58. The summed E-state index contributed by atoms with van der Waals surface area (Å²) in [5, 5.41) is 21.3. The van der Waals surface area contributed by atoms with E-state index >= 15 is 0 Å². The van der Waals surface area contributed by atoms with Crippen molar-refractivity contribution < 1.29 is 33.3 Å². The van der Waals surface area contributed by atoms with Crippen molar-refractivity contribution in [2.75, 3.05) is 20.3 Å². The summed E-state index contributed by atoms with van der Waals surface area (Å²) in [5.41, 5.74) is 3.51. The van der Waals surface area contributed by atoms with E-state index in [1.807, 2.05) is 31.4 Å². The lowest BCUT2D eigenvalue weighted by Crippen LogP contribution is -2.18. The lowest BCUT2D eigenvalue weighted by atomic mass is 9.81. The summed E-state index contributed by atoms with van der Waals surface area (Å²) in [5.74, 6) is -2.79. The summed E-state index contributed by atoms with van der Waals surface area (Å²) in [6.07, 6.45) is 1.37. The molecule has 1 saturated heterocycles. The molecule has 0 atom stereocenters. The molecule has 1 aliphatic heterocycles. The first-order valence-electron chi connectivity index (χ1n) is 12.9. The minimum absolute atomic E-state index is 0.0307. The smallest absolute Gasteiger partial charge is 0.335 e. The third-order valence-electron chi connectivity index (χ3n) is 7.44. The van der Waals surface area contributed by atoms with Gasteiger partial charge in [0.1, 0.15) is 0 Å². The average Bonchev–Trinajstić information content (AvgIpc) is 3.26. The number of hydrogen-bond acceptors (Lipinski definition) is 4. The first kappa shape index (κ1) is 26.7. The van der Waals surface area contributed by atoms with E-state index in [1.165, 1.54) is 19.2 Å². The number of fused-ring (bicyclic) bond motifs is 1. The van der Waals surface area contributed by atoms with Crippen molar-refractivity contribution in [3.8, 4) is 28.3 Å². The van der Waals surface area contributed by atoms with E-state index in [1.54, 1.807) is 30.3 Å². The largest absolute Gasteiger partial charge is 0.504 e. The van der Waals surface area contributed by atoms with Crippen LogP contribution in [0.25, 0.3) is 27.7 Å². The Balaban J connectivity index is 1.93. The van der Waals surface area contributed by atoms with Gasteiger partial charge in [-0.05, 0) is 65.8 Å². The lowest BCUT2D eigenvalue weighted by Gasteiger charge is -2.27. The van der Waals surface area contributed by atoms with Gasteiger partial charge in [0.05, 0.1) is 23.6 Å². The van der Waals surface area contributed by atoms with Gasteiger partial charge in [0.15, 0.2) is 23.1 Å². The number of aromatic hydroxyl groups is 1. The fourth-order valence-electron chi connectivity index (χ4n) is 5.58. The van der Waals surface area contributed by atoms with Gasteiger partial charge in [0.2, 0.25) is 0 Å². The molecule has 0 amide bonds. The van der Waals surface area contributed by atoms with Gasteiger partial charge in [-0.2, -0.15) is 0 Å². The Labute approximate surface area is 225 Å². The van der Waals surface area contributed by atoms with Crippen LogP contribution >= 0.6 is 0 Å². The Morgan fingerprint density at radius 3 is 2.36 bits per heavy atom. The summed E-state index contributed by atoms with van der Waals surface area (Å²) in [6, 6.07) is 12.4. The van der Waals surface area contributed by atoms with Crippen molar-refractivity contribution in [3.05, 3.63) is 77.0 Å². The number of phenolic OH excluding ortho intramolecular Hbond substituents is 1. The van der Waals surface area contributed by atoms with Crippen molar-refractivity contribution in [1.29, 1.82) is 0 Å². The van der Waals surface area contributed by atoms with Gasteiger partial charge in [-0.25, -0.2) is 13.6 Å². The number of nitrogens with zero attached hydrogens (tertiary/aromatic N) is 1. The van der Waals surface area contributed by atoms with Crippen LogP contribution in [0.3, 0.4) is 0 Å². The van der Waals surface area contributed by atoms with E-state index in [0.717, 1.165) is 5.69 Å². The van der Waals surface area contributed by atoms with Gasteiger partial charge in [-0.1, -0.05) is 26.8 Å². The molecule has 5 rings (SSSR count). The van der Waals surface area contributed by atoms with Gasteiger partial charge in [-0.15, -0.1) is 0 Å². The highest BCUT2D eigenvalue weighted by molar-refractivity contribution is 6.04. The van der Waals surface area contributed by atoms with Gasteiger partial charge in [-0.3, -0.25) is 0 Å². The van der Waals surface area contributed by atoms with Crippen LogP contribution in [0.5, 0.6) is 11.5 Å². The lowest BCUT2D eigenvalue weighted by molar-refractivity contribution is 0.0694. The van der Waals surface area contributed by atoms with E-state index in [0.29, 0.717) is 59.3 Å². The number of ether oxygens (including phenoxy) is 2.